The zero-order chi connectivity index (χ0) is 18.0. The Morgan fingerprint density at radius 3 is 2.60 bits per heavy atom. The van der Waals surface area contributed by atoms with E-state index in [4.69, 9.17) is 9.72 Å². The number of anilines is 1. The number of amides is 1. The van der Waals surface area contributed by atoms with E-state index in [9.17, 15) is 4.79 Å². The zero-order valence-corrected chi connectivity index (χ0v) is 15.7. The highest BCUT2D eigenvalue weighted by Crippen LogP contribution is 2.34. The molecule has 0 aliphatic carbocycles. The normalized spacial score (nSPS) is 12.4. The van der Waals surface area contributed by atoms with E-state index in [1.54, 1.807) is 11.3 Å². The van der Waals surface area contributed by atoms with Crippen molar-refractivity contribution in [3.63, 3.8) is 0 Å². The molecule has 3 aromatic rings. The lowest BCUT2D eigenvalue weighted by molar-refractivity contribution is -0.114. The minimum absolute atomic E-state index is 0.0775. The van der Waals surface area contributed by atoms with Crippen LogP contribution in [0.5, 0.6) is 5.75 Å². The summed E-state index contributed by atoms with van der Waals surface area (Å²) in [4.78, 5) is 16.0. The summed E-state index contributed by atoms with van der Waals surface area (Å²) in [5.41, 5.74) is 2.79. The second-order valence-electron chi connectivity index (χ2n) is 6.46. The third-order valence-electron chi connectivity index (χ3n) is 3.93. The topological polar surface area (TPSA) is 51.2 Å². The van der Waals surface area contributed by atoms with Crippen molar-refractivity contribution in [2.45, 2.75) is 33.8 Å². The van der Waals surface area contributed by atoms with Gasteiger partial charge in [-0.05, 0) is 48.7 Å². The first-order valence-corrected chi connectivity index (χ1v) is 9.16. The molecule has 5 heteroatoms. The van der Waals surface area contributed by atoms with E-state index in [2.05, 4.69) is 25.2 Å². The Bertz CT molecular complexity index is 869. The number of benzene rings is 2. The maximum atomic E-state index is 11.2. The molecule has 1 amide bonds. The molecule has 25 heavy (non-hydrogen) atoms. The van der Waals surface area contributed by atoms with Crippen LogP contribution in [0.1, 0.15) is 37.4 Å². The minimum atomic E-state index is -0.108. The summed E-state index contributed by atoms with van der Waals surface area (Å²) in [5, 5.41) is 3.81. The lowest BCUT2D eigenvalue weighted by Gasteiger charge is -2.21. The summed E-state index contributed by atoms with van der Waals surface area (Å²) in [6.45, 7) is 7.73. The number of fused-ring (bicyclic) bond motifs is 1. The van der Waals surface area contributed by atoms with Crippen LogP contribution >= 0.6 is 11.3 Å². The van der Waals surface area contributed by atoms with E-state index < -0.39 is 0 Å². The molecular formula is C20H22N2O2S. The van der Waals surface area contributed by atoms with Gasteiger partial charge >= 0.3 is 0 Å². The van der Waals surface area contributed by atoms with Crippen LogP contribution in [0.2, 0.25) is 0 Å². The molecule has 0 saturated carbocycles. The number of carbonyl (C=O) groups is 1. The van der Waals surface area contributed by atoms with E-state index in [-0.39, 0.29) is 17.9 Å². The van der Waals surface area contributed by atoms with Crippen LogP contribution in [0.3, 0.4) is 0 Å². The fourth-order valence-electron chi connectivity index (χ4n) is 2.67. The molecule has 0 saturated heterocycles. The monoisotopic (exact) mass is 354 g/mol. The number of nitrogens with zero attached hydrogens (tertiary/aromatic N) is 1. The Balaban J connectivity index is 1.87. The summed E-state index contributed by atoms with van der Waals surface area (Å²) in [6, 6.07) is 13.9. The molecular weight excluding hydrogens is 332 g/mol. The standard InChI is InChI=1S/C20H22N2O2S/c1-12(2)19(20-22-17-7-5-6-8-18(17)25-20)24-15-9-10-16(13(3)11-15)21-14(4)23/h5-12,19H,1-4H3,(H,21,23). The van der Waals surface area contributed by atoms with E-state index in [0.29, 0.717) is 0 Å². The van der Waals surface area contributed by atoms with Crippen molar-refractivity contribution < 1.29 is 9.53 Å². The molecule has 0 bridgehead atoms. The molecule has 1 aromatic heterocycles. The molecule has 2 aromatic carbocycles. The zero-order valence-electron chi connectivity index (χ0n) is 14.9. The van der Waals surface area contributed by atoms with Crippen LogP contribution in [0.25, 0.3) is 10.2 Å². The van der Waals surface area contributed by atoms with E-state index in [0.717, 1.165) is 27.5 Å². The van der Waals surface area contributed by atoms with Gasteiger partial charge in [0.1, 0.15) is 10.8 Å². The summed E-state index contributed by atoms with van der Waals surface area (Å²) in [7, 11) is 0. The Labute approximate surface area is 151 Å². The number of para-hydroxylation sites is 1. The van der Waals surface area contributed by atoms with Gasteiger partial charge in [0.25, 0.3) is 0 Å². The van der Waals surface area contributed by atoms with Gasteiger partial charge in [0.05, 0.1) is 10.2 Å². The average Bonchev–Trinajstić information content (AvgIpc) is 2.98. The third-order valence-corrected chi connectivity index (χ3v) is 5.03. The largest absolute Gasteiger partial charge is 0.483 e. The molecule has 0 radical (unpaired) electrons. The SMILES string of the molecule is CC(=O)Nc1ccc(OC(c2nc3ccccc3s2)C(C)C)cc1C. The van der Waals surface area contributed by atoms with Crippen LogP contribution in [0, 0.1) is 12.8 Å². The molecule has 1 unspecified atom stereocenters. The summed E-state index contributed by atoms with van der Waals surface area (Å²) < 4.78 is 7.44. The fraction of sp³-hybridized carbons (Fsp3) is 0.300. The van der Waals surface area contributed by atoms with Crippen molar-refractivity contribution in [3.05, 3.63) is 53.0 Å². The molecule has 1 atom stereocenters. The number of hydrogen-bond acceptors (Lipinski definition) is 4. The molecule has 1 heterocycles. The van der Waals surface area contributed by atoms with Gasteiger partial charge in [-0.3, -0.25) is 4.79 Å². The molecule has 4 nitrogen and oxygen atoms in total. The summed E-state index contributed by atoms with van der Waals surface area (Å²) in [6.07, 6.45) is -0.108. The Hall–Kier alpha value is -2.40. The van der Waals surface area contributed by atoms with Crippen LogP contribution in [-0.4, -0.2) is 10.9 Å². The smallest absolute Gasteiger partial charge is 0.221 e. The van der Waals surface area contributed by atoms with E-state index in [1.807, 2.05) is 43.3 Å². The lowest BCUT2D eigenvalue weighted by Crippen LogP contribution is -2.14. The van der Waals surface area contributed by atoms with Crippen LogP contribution in [0.4, 0.5) is 5.69 Å². The van der Waals surface area contributed by atoms with Crippen molar-refractivity contribution in [1.82, 2.24) is 4.98 Å². The molecule has 130 valence electrons. The van der Waals surface area contributed by atoms with Gasteiger partial charge in [0.15, 0.2) is 6.10 Å². The Kier molecular flexibility index (Phi) is 5.04. The highest BCUT2D eigenvalue weighted by atomic mass is 32.1. The molecule has 0 fully saturated rings. The van der Waals surface area contributed by atoms with Crippen LogP contribution in [-0.2, 0) is 4.79 Å². The second-order valence-corrected chi connectivity index (χ2v) is 7.52. The van der Waals surface area contributed by atoms with E-state index >= 15 is 0 Å². The number of aryl methyl sites for hydroxylation is 1. The predicted octanol–water partition coefficient (Wildman–Crippen LogP) is 5.34. The second kappa shape index (κ2) is 7.23. The molecule has 3 rings (SSSR count). The van der Waals surface area contributed by atoms with Gasteiger partial charge in [-0.1, -0.05) is 26.0 Å². The van der Waals surface area contributed by atoms with Gasteiger partial charge in [-0.25, -0.2) is 4.98 Å². The number of rotatable bonds is 5. The molecule has 0 aliphatic heterocycles. The van der Waals surface area contributed by atoms with Gasteiger partial charge < -0.3 is 10.1 Å². The van der Waals surface area contributed by atoms with Gasteiger partial charge in [0.2, 0.25) is 5.91 Å². The molecule has 1 N–H and O–H groups in total. The maximum absolute atomic E-state index is 11.2. The number of thiazole rings is 1. The number of carbonyl (C=O) groups excluding carboxylic acids is 1. The van der Waals surface area contributed by atoms with Crippen LogP contribution < -0.4 is 10.1 Å². The first kappa shape index (κ1) is 17.4. The highest BCUT2D eigenvalue weighted by molar-refractivity contribution is 7.18. The number of hydrogen-bond donors (Lipinski definition) is 1. The highest BCUT2D eigenvalue weighted by Gasteiger charge is 2.22. The van der Waals surface area contributed by atoms with E-state index in [1.165, 1.54) is 11.6 Å². The first-order chi connectivity index (χ1) is 11.9. The summed E-state index contributed by atoms with van der Waals surface area (Å²) >= 11 is 1.68. The van der Waals surface area contributed by atoms with Gasteiger partial charge in [-0.15, -0.1) is 11.3 Å². The van der Waals surface area contributed by atoms with Gasteiger partial charge in [0, 0.05) is 12.6 Å². The Morgan fingerprint density at radius 2 is 1.96 bits per heavy atom. The minimum Gasteiger partial charge on any atom is -0.483 e. The summed E-state index contributed by atoms with van der Waals surface area (Å²) in [5.74, 6) is 0.992. The van der Waals surface area contributed by atoms with Gasteiger partial charge in [-0.2, -0.15) is 0 Å². The average molecular weight is 354 g/mol. The lowest BCUT2D eigenvalue weighted by atomic mass is 10.1. The third kappa shape index (κ3) is 3.99. The Morgan fingerprint density at radius 1 is 1.20 bits per heavy atom. The fourth-order valence-corrected chi connectivity index (χ4v) is 3.84. The van der Waals surface area contributed by atoms with Crippen molar-refractivity contribution in [2.75, 3.05) is 5.32 Å². The molecule has 0 spiro atoms. The predicted molar refractivity (Wildman–Crippen MR) is 103 cm³/mol. The first-order valence-electron chi connectivity index (χ1n) is 8.34. The van der Waals surface area contributed by atoms with Crippen molar-refractivity contribution >= 4 is 33.1 Å². The molecule has 0 aliphatic rings. The number of ether oxygens (including phenoxy) is 1. The quantitative estimate of drug-likeness (QED) is 0.673. The van der Waals surface area contributed by atoms with Crippen molar-refractivity contribution in [2.24, 2.45) is 5.92 Å². The number of aromatic nitrogens is 1. The van der Waals surface area contributed by atoms with Crippen LogP contribution in [0.15, 0.2) is 42.5 Å². The maximum Gasteiger partial charge on any atom is 0.221 e. The number of nitrogens with one attached hydrogen (secondary N) is 1. The van der Waals surface area contributed by atoms with Crippen molar-refractivity contribution in [1.29, 1.82) is 0 Å². The van der Waals surface area contributed by atoms with Crippen molar-refractivity contribution in [3.8, 4) is 5.75 Å².